The van der Waals surface area contributed by atoms with Gasteiger partial charge in [0.1, 0.15) is 11.3 Å². The number of amides is 1. The smallest absolute Gasteiger partial charge is 0.344 e. The Labute approximate surface area is 194 Å². The predicted molar refractivity (Wildman–Crippen MR) is 128 cm³/mol. The van der Waals surface area contributed by atoms with E-state index in [9.17, 15) is 9.59 Å². The average Bonchev–Trinajstić information content (AvgIpc) is 2.76. The van der Waals surface area contributed by atoms with Crippen LogP contribution < -0.4 is 15.7 Å². The van der Waals surface area contributed by atoms with Gasteiger partial charge in [-0.15, -0.1) is 0 Å². The number of benzene rings is 3. The highest BCUT2D eigenvalue weighted by atomic mass is 35.5. The normalized spacial score (nSPS) is 10.9. The third-order valence-electron chi connectivity index (χ3n) is 4.96. The lowest BCUT2D eigenvalue weighted by atomic mass is 10.1. The van der Waals surface area contributed by atoms with Crippen molar-refractivity contribution in [2.45, 2.75) is 13.8 Å². The summed E-state index contributed by atoms with van der Waals surface area (Å²) in [6, 6.07) is 17.5. The number of hydrogen-bond donors (Lipinski definition) is 1. The van der Waals surface area contributed by atoms with Crippen molar-refractivity contribution >= 4 is 45.8 Å². The fraction of sp³-hybridized carbons (Fsp3) is 0.120. The van der Waals surface area contributed by atoms with Crippen LogP contribution in [0, 0.1) is 13.8 Å². The van der Waals surface area contributed by atoms with Crippen molar-refractivity contribution in [3.8, 4) is 16.9 Å². The summed E-state index contributed by atoms with van der Waals surface area (Å²) >= 11 is 12.6. The van der Waals surface area contributed by atoms with E-state index in [1.807, 2.05) is 26.0 Å². The van der Waals surface area contributed by atoms with Gasteiger partial charge >= 0.3 is 5.63 Å². The van der Waals surface area contributed by atoms with Gasteiger partial charge in [-0.3, -0.25) is 4.79 Å². The predicted octanol–water partition coefficient (Wildman–Crippen LogP) is 6.40. The SMILES string of the molecule is Cc1cc(OCC(=O)Nc2ccc(-c3cc4ccccc4oc3=O)c(Cl)c2)cc(C)c1Cl. The van der Waals surface area contributed by atoms with Gasteiger partial charge in [0.25, 0.3) is 5.91 Å². The summed E-state index contributed by atoms with van der Waals surface area (Å²) in [4.78, 5) is 24.7. The van der Waals surface area contributed by atoms with Crippen LogP contribution in [0.25, 0.3) is 22.1 Å². The monoisotopic (exact) mass is 467 g/mol. The highest BCUT2D eigenvalue weighted by molar-refractivity contribution is 6.33. The molecule has 0 bridgehead atoms. The van der Waals surface area contributed by atoms with E-state index in [1.54, 1.807) is 48.5 Å². The summed E-state index contributed by atoms with van der Waals surface area (Å²) in [5.41, 5.74) is 3.14. The molecule has 4 aromatic rings. The molecule has 32 heavy (non-hydrogen) atoms. The van der Waals surface area contributed by atoms with Crippen molar-refractivity contribution < 1.29 is 13.9 Å². The van der Waals surface area contributed by atoms with Crippen LogP contribution >= 0.6 is 23.2 Å². The van der Waals surface area contributed by atoms with Crippen LogP contribution in [-0.4, -0.2) is 12.5 Å². The Bertz CT molecular complexity index is 1370. The number of carbonyl (C=O) groups excluding carboxylic acids is 1. The molecule has 0 fully saturated rings. The molecule has 7 heteroatoms. The Hall–Kier alpha value is -3.28. The first-order chi connectivity index (χ1) is 15.3. The average molecular weight is 468 g/mol. The van der Waals surface area contributed by atoms with Gasteiger partial charge < -0.3 is 14.5 Å². The number of aryl methyl sites for hydroxylation is 2. The number of anilines is 1. The molecule has 1 aromatic heterocycles. The fourth-order valence-electron chi connectivity index (χ4n) is 3.40. The minimum atomic E-state index is -0.482. The zero-order chi connectivity index (χ0) is 22.8. The molecule has 3 aromatic carbocycles. The second kappa shape index (κ2) is 9.07. The Kier molecular flexibility index (Phi) is 6.21. The maximum Gasteiger partial charge on any atom is 0.344 e. The van der Waals surface area contributed by atoms with E-state index in [4.69, 9.17) is 32.4 Å². The molecule has 4 rings (SSSR count). The minimum Gasteiger partial charge on any atom is -0.484 e. The molecule has 0 spiro atoms. The fourth-order valence-corrected chi connectivity index (χ4v) is 3.79. The Morgan fingerprint density at radius 2 is 1.69 bits per heavy atom. The number of ether oxygens (including phenoxy) is 1. The molecular formula is C25H19Cl2NO4. The second-order valence-electron chi connectivity index (χ2n) is 7.39. The maximum atomic E-state index is 12.4. The molecule has 1 N–H and O–H groups in total. The first-order valence-electron chi connectivity index (χ1n) is 9.84. The van der Waals surface area contributed by atoms with E-state index < -0.39 is 5.63 Å². The van der Waals surface area contributed by atoms with Crippen molar-refractivity contribution in [2.24, 2.45) is 0 Å². The first-order valence-corrected chi connectivity index (χ1v) is 10.6. The van der Waals surface area contributed by atoms with Gasteiger partial charge in [0, 0.05) is 21.7 Å². The largest absolute Gasteiger partial charge is 0.484 e. The lowest BCUT2D eigenvalue weighted by Crippen LogP contribution is -2.20. The Morgan fingerprint density at radius 3 is 2.41 bits per heavy atom. The van der Waals surface area contributed by atoms with Gasteiger partial charge in [0.15, 0.2) is 6.61 Å². The zero-order valence-electron chi connectivity index (χ0n) is 17.4. The van der Waals surface area contributed by atoms with E-state index in [0.717, 1.165) is 16.5 Å². The number of fused-ring (bicyclic) bond motifs is 1. The molecule has 0 unspecified atom stereocenters. The summed E-state index contributed by atoms with van der Waals surface area (Å²) in [5, 5.41) is 4.53. The van der Waals surface area contributed by atoms with Gasteiger partial charge in [-0.05, 0) is 61.4 Å². The highest BCUT2D eigenvalue weighted by Gasteiger charge is 2.13. The molecule has 162 valence electrons. The Morgan fingerprint density at radius 1 is 0.969 bits per heavy atom. The summed E-state index contributed by atoms with van der Waals surface area (Å²) in [5.74, 6) is 0.222. The van der Waals surface area contributed by atoms with E-state index in [-0.39, 0.29) is 12.5 Å². The number of nitrogens with one attached hydrogen (secondary N) is 1. The quantitative estimate of drug-likeness (QED) is 0.344. The molecule has 0 aliphatic carbocycles. The maximum absolute atomic E-state index is 12.4. The zero-order valence-corrected chi connectivity index (χ0v) is 18.9. The molecule has 0 aliphatic rings. The summed E-state index contributed by atoms with van der Waals surface area (Å²) in [6.07, 6.45) is 0. The summed E-state index contributed by atoms with van der Waals surface area (Å²) < 4.78 is 11.0. The van der Waals surface area contributed by atoms with Gasteiger partial charge in [-0.25, -0.2) is 4.79 Å². The van der Waals surface area contributed by atoms with Crippen LogP contribution in [0.5, 0.6) is 5.75 Å². The van der Waals surface area contributed by atoms with Crippen LogP contribution in [0.15, 0.2) is 69.9 Å². The number of para-hydroxylation sites is 1. The molecule has 1 heterocycles. The van der Waals surface area contributed by atoms with Gasteiger partial charge in [-0.2, -0.15) is 0 Å². The minimum absolute atomic E-state index is 0.172. The molecule has 0 atom stereocenters. The number of rotatable bonds is 5. The lowest BCUT2D eigenvalue weighted by Gasteiger charge is -2.11. The van der Waals surface area contributed by atoms with E-state index in [0.29, 0.717) is 38.2 Å². The third-order valence-corrected chi connectivity index (χ3v) is 5.87. The molecule has 1 amide bonds. The highest BCUT2D eigenvalue weighted by Crippen LogP contribution is 2.30. The topological polar surface area (TPSA) is 68.5 Å². The van der Waals surface area contributed by atoms with Crippen LogP contribution in [0.1, 0.15) is 11.1 Å². The number of halogens is 2. The van der Waals surface area contributed by atoms with Crippen molar-refractivity contribution in [1.82, 2.24) is 0 Å². The third kappa shape index (κ3) is 4.64. The van der Waals surface area contributed by atoms with Crippen molar-refractivity contribution in [1.29, 1.82) is 0 Å². The summed E-state index contributed by atoms with van der Waals surface area (Å²) in [6.45, 7) is 3.58. The van der Waals surface area contributed by atoms with Crippen LogP contribution in [0.3, 0.4) is 0 Å². The molecule has 0 saturated heterocycles. The number of carbonyl (C=O) groups is 1. The standard InChI is InChI=1S/C25H19Cl2NO4/c1-14-9-18(10-15(2)24(14)27)31-13-23(29)28-17-7-8-19(21(26)12-17)20-11-16-5-3-4-6-22(16)32-25(20)30/h3-12H,13H2,1-2H3,(H,28,29). The van der Waals surface area contributed by atoms with Gasteiger partial charge in [0.05, 0.1) is 10.6 Å². The van der Waals surface area contributed by atoms with Crippen molar-refractivity contribution in [3.63, 3.8) is 0 Å². The molecule has 0 radical (unpaired) electrons. The first kappa shape index (κ1) is 21.9. The second-order valence-corrected chi connectivity index (χ2v) is 8.17. The summed E-state index contributed by atoms with van der Waals surface area (Å²) in [7, 11) is 0. The number of hydrogen-bond acceptors (Lipinski definition) is 4. The van der Waals surface area contributed by atoms with Crippen LogP contribution in [0.4, 0.5) is 5.69 Å². The van der Waals surface area contributed by atoms with E-state index >= 15 is 0 Å². The molecular weight excluding hydrogens is 449 g/mol. The van der Waals surface area contributed by atoms with Gasteiger partial charge in [-0.1, -0.05) is 47.5 Å². The van der Waals surface area contributed by atoms with E-state index in [1.165, 1.54) is 0 Å². The molecule has 5 nitrogen and oxygen atoms in total. The van der Waals surface area contributed by atoms with Crippen molar-refractivity contribution in [3.05, 3.63) is 92.3 Å². The molecule has 0 saturated carbocycles. The van der Waals surface area contributed by atoms with E-state index in [2.05, 4.69) is 5.32 Å². The lowest BCUT2D eigenvalue weighted by molar-refractivity contribution is -0.118. The van der Waals surface area contributed by atoms with Crippen molar-refractivity contribution in [2.75, 3.05) is 11.9 Å². The molecule has 0 aliphatic heterocycles. The van der Waals surface area contributed by atoms with Crippen LogP contribution in [-0.2, 0) is 4.79 Å². The van der Waals surface area contributed by atoms with Crippen LogP contribution in [0.2, 0.25) is 10.0 Å². The van der Waals surface area contributed by atoms with Gasteiger partial charge in [0.2, 0.25) is 0 Å². The Balaban J connectivity index is 1.48.